The van der Waals surface area contributed by atoms with Crippen LogP contribution in [0.3, 0.4) is 0 Å². The molecule has 21 heavy (non-hydrogen) atoms. The Kier molecular flexibility index (Phi) is 4.49. The number of aryl methyl sites for hydroxylation is 1. The quantitative estimate of drug-likeness (QED) is 0.893. The molecule has 0 aliphatic rings. The summed E-state index contributed by atoms with van der Waals surface area (Å²) in [5.41, 5.74) is 0.844. The van der Waals surface area contributed by atoms with Gasteiger partial charge in [-0.15, -0.1) is 0 Å². The molecule has 0 radical (unpaired) electrons. The van der Waals surface area contributed by atoms with Gasteiger partial charge in [-0.1, -0.05) is 18.2 Å². The lowest BCUT2D eigenvalue weighted by Gasteiger charge is -2.16. The fraction of sp³-hybridized carbons (Fsp3) is 0.267. The highest BCUT2D eigenvalue weighted by Crippen LogP contribution is 2.08. The summed E-state index contributed by atoms with van der Waals surface area (Å²) in [5.74, 6) is -0.501. The van der Waals surface area contributed by atoms with Gasteiger partial charge in [0.15, 0.2) is 5.69 Å². The molecule has 1 heterocycles. The monoisotopic (exact) mass is 287 g/mol. The van der Waals surface area contributed by atoms with E-state index >= 15 is 0 Å². The number of amides is 1. The van der Waals surface area contributed by atoms with Crippen LogP contribution in [0.15, 0.2) is 41.2 Å². The van der Waals surface area contributed by atoms with E-state index in [9.17, 15) is 9.59 Å². The summed E-state index contributed by atoms with van der Waals surface area (Å²) in [7, 11) is 1.52. The third-order valence-corrected chi connectivity index (χ3v) is 3.09. The lowest BCUT2D eigenvalue weighted by molar-refractivity contribution is 0.0758. The van der Waals surface area contributed by atoms with E-state index in [-0.39, 0.29) is 18.8 Å². The largest absolute Gasteiger partial charge is 0.395 e. The number of nitrogens with zero attached hydrogens (tertiary/aromatic N) is 3. The Hall–Kier alpha value is -2.47. The van der Waals surface area contributed by atoms with Crippen molar-refractivity contribution in [2.24, 2.45) is 0 Å². The summed E-state index contributed by atoms with van der Waals surface area (Å²) in [6.07, 6.45) is 0. The summed E-state index contributed by atoms with van der Waals surface area (Å²) in [6.45, 7) is 1.74. The van der Waals surface area contributed by atoms with Gasteiger partial charge in [-0.3, -0.25) is 9.59 Å². The third-order valence-electron chi connectivity index (χ3n) is 3.09. The Balaban J connectivity index is 2.49. The average Bonchev–Trinajstić information content (AvgIpc) is 2.48. The number of hydrogen-bond acceptors (Lipinski definition) is 4. The molecule has 0 aliphatic heterocycles. The number of rotatable bonds is 4. The fourth-order valence-corrected chi connectivity index (χ4v) is 1.96. The molecule has 0 saturated heterocycles. The Labute approximate surface area is 122 Å². The molecule has 0 bridgehead atoms. The van der Waals surface area contributed by atoms with E-state index in [0.717, 1.165) is 5.69 Å². The normalized spacial score (nSPS) is 10.4. The Morgan fingerprint density at radius 3 is 2.62 bits per heavy atom. The van der Waals surface area contributed by atoms with E-state index in [1.54, 1.807) is 11.6 Å². The summed E-state index contributed by atoms with van der Waals surface area (Å²) in [5, 5.41) is 13.1. The van der Waals surface area contributed by atoms with Crippen LogP contribution in [0, 0.1) is 6.92 Å². The van der Waals surface area contributed by atoms with Crippen molar-refractivity contribution in [2.45, 2.75) is 6.92 Å². The van der Waals surface area contributed by atoms with Crippen molar-refractivity contribution >= 4 is 5.91 Å². The summed E-state index contributed by atoms with van der Waals surface area (Å²) >= 11 is 0. The standard InChI is InChI=1S/C15H17N3O3/c1-11-10-13(20)14(15(21)17(2)8-9-19)16-18(11)12-6-4-3-5-7-12/h3-7,10,19H,8-9H2,1-2H3. The third kappa shape index (κ3) is 3.17. The van der Waals surface area contributed by atoms with Gasteiger partial charge in [0.2, 0.25) is 5.43 Å². The minimum atomic E-state index is -0.501. The molecule has 0 aliphatic carbocycles. The maximum absolute atomic E-state index is 12.2. The van der Waals surface area contributed by atoms with E-state index in [4.69, 9.17) is 5.11 Å². The van der Waals surface area contributed by atoms with Gasteiger partial charge in [0.05, 0.1) is 12.3 Å². The maximum Gasteiger partial charge on any atom is 0.278 e. The van der Waals surface area contributed by atoms with E-state index in [1.165, 1.54) is 18.0 Å². The van der Waals surface area contributed by atoms with Crippen molar-refractivity contribution in [3.05, 3.63) is 58.0 Å². The molecule has 110 valence electrons. The highest BCUT2D eigenvalue weighted by molar-refractivity contribution is 5.91. The zero-order valence-corrected chi connectivity index (χ0v) is 12.0. The fourth-order valence-electron chi connectivity index (χ4n) is 1.96. The molecule has 2 aromatic rings. The lowest BCUT2D eigenvalue weighted by Crippen LogP contribution is -2.35. The molecule has 1 aromatic carbocycles. The molecule has 0 spiro atoms. The van der Waals surface area contributed by atoms with E-state index in [0.29, 0.717) is 5.69 Å². The number of carbonyl (C=O) groups is 1. The van der Waals surface area contributed by atoms with Gasteiger partial charge in [-0.25, -0.2) is 4.68 Å². The SMILES string of the molecule is Cc1cc(=O)c(C(=O)N(C)CCO)nn1-c1ccccc1. The van der Waals surface area contributed by atoms with Crippen LogP contribution in [-0.4, -0.2) is 45.9 Å². The molecular weight excluding hydrogens is 270 g/mol. The van der Waals surface area contributed by atoms with Crippen LogP contribution < -0.4 is 5.43 Å². The first-order valence-electron chi connectivity index (χ1n) is 6.57. The second-order valence-electron chi connectivity index (χ2n) is 4.70. The number of aliphatic hydroxyl groups is 1. The van der Waals surface area contributed by atoms with Gasteiger partial charge in [-0.2, -0.15) is 5.10 Å². The molecule has 1 N–H and O–H groups in total. The van der Waals surface area contributed by atoms with Crippen molar-refractivity contribution in [1.29, 1.82) is 0 Å². The number of para-hydroxylation sites is 1. The van der Waals surface area contributed by atoms with Crippen LogP contribution in [0.1, 0.15) is 16.2 Å². The van der Waals surface area contributed by atoms with Crippen LogP contribution in [0.4, 0.5) is 0 Å². The van der Waals surface area contributed by atoms with E-state index < -0.39 is 11.3 Å². The average molecular weight is 287 g/mol. The second kappa shape index (κ2) is 6.32. The van der Waals surface area contributed by atoms with E-state index in [2.05, 4.69) is 5.10 Å². The number of hydrogen-bond donors (Lipinski definition) is 1. The highest BCUT2D eigenvalue weighted by atomic mass is 16.3. The summed E-state index contributed by atoms with van der Waals surface area (Å²) < 4.78 is 1.56. The van der Waals surface area contributed by atoms with E-state index in [1.807, 2.05) is 30.3 Å². The molecular formula is C15H17N3O3. The molecule has 6 nitrogen and oxygen atoms in total. The topological polar surface area (TPSA) is 75.4 Å². The van der Waals surface area contributed by atoms with Gasteiger partial charge < -0.3 is 10.0 Å². The van der Waals surface area contributed by atoms with Crippen molar-refractivity contribution in [2.75, 3.05) is 20.2 Å². The zero-order chi connectivity index (χ0) is 15.4. The Bertz CT molecular complexity index is 695. The summed E-state index contributed by atoms with van der Waals surface area (Å²) in [6, 6.07) is 10.7. The van der Waals surface area contributed by atoms with Gasteiger partial charge in [-0.05, 0) is 19.1 Å². The first-order chi connectivity index (χ1) is 10.0. The van der Waals surface area contributed by atoms with Crippen molar-refractivity contribution in [1.82, 2.24) is 14.7 Å². The van der Waals surface area contributed by atoms with Crippen LogP contribution in [0.5, 0.6) is 0 Å². The minimum Gasteiger partial charge on any atom is -0.395 e. The first kappa shape index (κ1) is 14.9. The van der Waals surface area contributed by atoms with Crippen molar-refractivity contribution in [3.8, 4) is 5.69 Å². The zero-order valence-electron chi connectivity index (χ0n) is 12.0. The van der Waals surface area contributed by atoms with Gasteiger partial charge in [0.1, 0.15) is 0 Å². The number of aliphatic hydroxyl groups excluding tert-OH is 1. The Morgan fingerprint density at radius 1 is 1.33 bits per heavy atom. The van der Waals surface area contributed by atoms with Crippen molar-refractivity contribution < 1.29 is 9.90 Å². The van der Waals surface area contributed by atoms with Crippen molar-refractivity contribution in [3.63, 3.8) is 0 Å². The van der Waals surface area contributed by atoms with Crippen LogP contribution in [0.2, 0.25) is 0 Å². The highest BCUT2D eigenvalue weighted by Gasteiger charge is 2.18. The molecule has 1 amide bonds. The predicted octanol–water partition coefficient (Wildman–Crippen LogP) is 0.605. The smallest absolute Gasteiger partial charge is 0.278 e. The molecule has 0 saturated carbocycles. The minimum absolute atomic E-state index is 0.152. The molecule has 0 unspecified atom stereocenters. The Morgan fingerprint density at radius 2 is 2.00 bits per heavy atom. The molecule has 2 rings (SSSR count). The molecule has 0 atom stereocenters. The van der Waals surface area contributed by atoms with Gasteiger partial charge >= 0.3 is 0 Å². The van der Waals surface area contributed by atoms with Gasteiger partial charge in [0, 0.05) is 25.4 Å². The maximum atomic E-state index is 12.2. The van der Waals surface area contributed by atoms with Crippen LogP contribution >= 0.6 is 0 Å². The molecule has 0 fully saturated rings. The second-order valence-corrected chi connectivity index (χ2v) is 4.70. The molecule has 6 heteroatoms. The number of aromatic nitrogens is 2. The first-order valence-corrected chi connectivity index (χ1v) is 6.57. The lowest BCUT2D eigenvalue weighted by atomic mass is 10.2. The number of likely N-dealkylation sites (N-methyl/N-ethyl adjacent to an activating group) is 1. The number of carbonyl (C=O) groups excluding carboxylic acids is 1. The molecule has 1 aromatic heterocycles. The number of benzene rings is 1. The van der Waals surface area contributed by atoms with Crippen LogP contribution in [0.25, 0.3) is 5.69 Å². The predicted molar refractivity (Wildman–Crippen MR) is 78.6 cm³/mol. The van der Waals surface area contributed by atoms with Gasteiger partial charge in [0.25, 0.3) is 5.91 Å². The van der Waals surface area contributed by atoms with Crippen LogP contribution in [-0.2, 0) is 0 Å². The summed E-state index contributed by atoms with van der Waals surface area (Å²) in [4.78, 5) is 25.4.